The molecule has 13 nitrogen and oxygen atoms in total. The highest BCUT2D eigenvalue weighted by atomic mass is 16.5. The van der Waals surface area contributed by atoms with Crippen LogP contribution in [0.5, 0.6) is 0 Å². The molecule has 1 heterocycles. The summed E-state index contributed by atoms with van der Waals surface area (Å²) in [6.45, 7) is 0. The van der Waals surface area contributed by atoms with Gasteiger partial charge in [0.25, 0.3) is 0 Å². The average Bonchev–Trinajstić information content (AvgIpc) is 3.36. The van der Waals surface area contributed by atoms with E-state index < -0.39 is 63.9 Å². The molecule has 206 valence electrons. The van der Waals surface area contributed by atoms with Crippen LogP contribution in [0, 0.1) is 5.92 Å². The van der Waals surface area contributed by atoms with Gasteiger partial charge in [-0.2, -0.15) is 0 Å². The van der Waals surface area contributed by atoms with Crippen molar-refractivity contribution in [3.8, 4) is 0 Å². The van der Waals surface area contributed by atoms with E-state index in [2.05, 4.69) is 9.72 Å². The lowest BCUT2D eigenvalue weighted by molar-refractivity contribution is -0.160. The number of carbonyl (C=O) groups excluding carboxylic acids is 6. The van der Waals surface area contributed by atoms with Crippen LogP contribution in [0.1, 0.15) is 11.3 Å². The number of esters is 6. The number of methoxy groups -OCH3 is 6. The van der Waals surface area contributed by atoms with E-state index in [1.807, 2.05) is 0 Å². The largest absolute Gasteiger partial charge is 0.468 e. The molecule has 1 aromatic carbocycles. The van der Waals surface area contributed by atoms with Gasteiger partial charge >= 0.3 is 35.8 Å². The molecule has 3 rings (SSSR count). The van der Waals surface area contributed by atoms with E-state index in [-0.39, 0.29) is 11.3 Å². The van der Waals surface area contributed by atoms with E-state index in [9.17, 15) is 28.8 Å². The molecule has 1 aliphatic rings. The minimum atomic E-state index is -2.65. The number of aromatic amines is 1. The number of hydrogen-bond donors (Lipinski definition) is 1. The maximum Gasteiger partial charge on any atom is 0.339 e. The number of benzene rings is 1. The van der Waals surface area contributed by atoms with Gasteiger partial charge in [0.05, 0.1) is 59.4 Å². The number of para-hydroxylation sites is 1. The van der Waals surface area contributed by atoms with Crippen molar-refractivity contribution in [1.29, 1.82) is 0 Å². The summed E-state index contributed by atoms with van der Waals surface area (Å²) < 4.78 is 29.5. The Labute approximate surface area is 221 Å². The fourth-order valence-electron chi connectivity index (χ4n) is 4.80. The van der Waals surface area contributed by atoms with Crippen LogP contribution in [0.25, 0.3) is 16.5 Å². The summed E-state index contributed by atoms with van der Waals surface area (Å²) in [5.41, 5.74) is -4.53. The fourth-order valence-corrected chi connectivity index (χ4v) is 4.80. The van der Waals surface area contributed by atoms with Crippen molar-refractivity contribution >= 4 is 52.3 Å². The van der Waals surface area contributed by atoms with Crippen molar-refractivity contribution in [1.82, 2.24) is 4.98 Å². The Morgan fingerprint density at radius 2 is 1.44 bits per heavy atom. The van der Waals surface area contributed by atoms with E-state index in [1.165, 1.54) is 0 Å². The Kier molecular flexibility index (Phi) is 8.23. The van der Waals surface area contributed by atoms with Crippen LogP contribution in [0.4, 0.5) is 0 Å². The molecule has 2 atom stereocenters. The van der Waals surface area contributed by atoms with Crippen molar-refractivity contribution in [3.63, 3.8) is 0 Å². The van der Waals surface area contributed by atoms with Crippen LogP contribution >= 0.6 is 0 Å². The number of hydrogen-bond acceptors (Lipinski definition) is 12. The van der Waals surface area contributed by atoms with Gasteiger partial charge in [-0.25, -0.2) is 19.2 Å². The number of carbonyl (C=O) groups is 6. The fraction of sp³-hybridized carbons (Fsp3) is 0.308. The van der Waals surface area contributed by atoms with Crippen LogP contribution in [0.15, 0.2) is 41.5 Å². The third-order valence-electron chi connectivity index (χ3n) is 6.37. The molecule has 13 heteroatoms. The third-order valence-corrected chi connectivity index (χ3v) is 6.37. The van der Waals surface area contributed by atoms with Crippen LogP contribution in [0.3, 0.4) is 0 Å². The molecule has 0 radical (unpaired) electrons. The molecule has 0 saturated heterocycles. The van der Waals surface area contributed by atoms with Crippen molar-refractivity contribution in [3.05, 3.63) is 52.7 Å². The number of rotatable bonds is 7. The number of fused-ring (bicyclic) bond motifs is 3. The summed E-state index contributed by atoms with van der Waals surface area (Å²) in [6.07, 6.45) is 0.631. The predicted octanol–water partition coefficient (Wildman–Crippen LogP) is 0.753. The van der Waals surface area contributed by atoms with Gasteiger partial charge in [0.1, 0.15) is 5.92 Å². The van der Waals surface area contributed by atoms with Gasteiger partial charge in [-0.05, 0) is 6.07 Å². The molecular weight excluding hydrogens is 518 g/mol. The highest BCUT2D eigenvalue weighted by molar-refractivity contribution is 6.30. The quantitative estimate of drug-likeness (QED) is 0.295. The van der Waals surface area contributed by atoms with Crippen molar-refractivity contribution < 1.29 is 57.2 Å². The van der Waals surface area contributed by atoms with Crippen molar-refractivity contribution in [2.45, 2.75) is 5.41 Å². The molecule has 0 saturated carbocycles. The van der Waals surface area contributed by atoms with Crippen LogP contribution in [-0.4, -0.2) is 83.5 Å². The number of aromatic nitrogens is 1. The van der Waals surface area contributed by atoms with E-state index in [0.717, 1.165) is 42.7 Å². The smallest absolute Gasteiger partial charge is 0.339 e. The minimum absolute atomic E-state index is 0.0805. The number of ether oxygens (including phenoxy) is 6. The second-order valence-corrected chi connectivity index (χ2v) is 8.02. The van der Waals surface area contributed by atoms with Gasteiger partial charge in [-0.3, -0.25) is 9.59 Å². The Balaban J connectivity index is 2.80. The van der Waals surface area contributed by atoms with Gasteiger partial charge in [0.15, 0.2) is 5.41 Å². The third kappa shape index (κ3) is 4.31. The first-order valence-electron chi connectivity index (χ1n) is 11.2. The van der Waals surface area contributed by atoms with Gasteiger partial charge < -0.3 is 33.4 Å². The Morgan fingerprint density at radius 1 is 0.795 bits per heavy atom. The van der Waals surface area contributed by atoms with Crippen molar-refractivity contribution in [2.24, 2.45) is 5.92 Å². The number of H-pyrrole nitrogens is 1. The zero-order valence-electron chi connectivity index (χ0n) is 21.9. The highest BCUT2D eigenvalue weighted by Gasteiger charge is 2.65. The first-order valence-corrected chi connectivity index (χ1v) is 11.2. The first-order chi connectivity index (χ1) is 18.6. The molecule has 0 spiro atoms. The molecule has 0 amide bonds. The molecule has 1 aliphatic carbocycles. The Morgan fingerprint density at radius 3 is 1.97 bits per heavy atom. The zero-order valence-corrected chi connectivity index (χ0v) is 21.9. The van der Waals surface area contributed by atoms with Crippen LogP contribution in [-0.2, 0) is 62.6 Å². The average molecular weight is 543 g/mol. The number of nitrogens with one attached hydrogen (secondary N) is 1. The Hall–Kier alpha value is -4.94. The topological polar surface area (TPSA) is 174 Å². The molecule has 0 bridgehead atoms. The lowest BCUT2D eigenvalue weighted by Gasteiger charge is -2.41. The summed E-state index contributed by atoms with van der Waals surface area (Å²) in [4.78, 5) is 82.8. The molecule has 0 fully saturated rings. The van der Waals surface area contributed by atoms with Gasteiger partial charge in [-0.1, -0.05) is 18.2 Å². The molecular formula is C26H25NO12. The first kappa shape index (κ1) is 28.6. The predicted molar refractivity (Wildman–Crippen MR) is 131 cm³/mol. The molecule has 0 aliphatic heterocycles. The molecule has 2 aromatic rings. The van der Waals surface area contributed by atoms with Gasteiger partial charge in [0, 0.05) is 28.2 Å². The van der Waals surface area contributed by atoms with E-state index >= 15 is 0 Å². The maximum atomic E-state index is 14.0. The Bertz CT molecular complexity index is 1450. The van der Waals surface area contributed by atoms with E-state index in [0.29, 0.717) is 17.0 Å². The van der Waals surface area contributed by atoms with Crippen molar-refractivity contribution in [2.75, 3.05) is 42.7 Å². The van der Waals surface area contributed by atoms with Crippen LogP contribution < -0.4 is 0 Å². The van der Waals surface area contributed by atoms with E-state index in [1.54, 1.807) is 24.3 Å². The summed E-state index contributed by atoms with van der Waals surface area (Å²) in [6, 6.07) is 6.39. The summed E-state index contributed by atoms with van der Waals surface area (Å²) in [5, 5.41) is 0.299. The maximum absolute atomic E-state index is 14.0. The van der Waals surface area contributed by atoms with Gasteiger partial charge in [0.2, 0.25) is 0 Å². The molecule has 39 heavy (non-hydrogen) atoms. The second-order valence-electron chi connectivity index (χ2n) is 8.02. The van der Waals surface area contributed by atoms with E-state index in [4.69, 9.17) is 23.7 Å². The summed E-state index contributed by atoms with van der Waals surface area (Å²) in [7, 11) is 5.93. The second kappa shape index (κ2) is 11.2. The summed E-state index contributed by atoms with van der Waals surface area (Å²) >= 11 is 0. The monoisotopic (exact) mass is 543 g/mol. The zero-order chi connectivity index (χ0) is 29.1. The summed E-state index contributed by atoms with van der Waals surface area (Å²) in [5.74, 6) is -9.31. The molecule has 1 N–H and O–H groups in total. The normalized spacial score (nSPS) is 18.5. The lowest BCUT2D eigenvalue weighted by Crippen LogP contribution is -2.55. The van der Waals surface area contributed by atoms with Gasteiger partial charge in [-0.15, -0.1) is 0 Å². The minimum Gasteiger partial charge on any atom is -0.468 e. The lowest BCUT2D eigenvalue weighted by atomic mass is 9.59. The molecule has 1 aromatic heterocycles. The molecule has 2 unspecified atom stereocenters. The van der Waals surface area contributed by atoms with Crippen LogP contribution in [0.2, 0.25) is 0 Å². The standard InChI is InChI=1S/C26H25NO12/c1-34-15(28)11-13(21(29)35-2)26(25(33)39-6)19(24(32)38-5)18(23(31)37-4)17(22(30)36-3)16-12-9-7-8-10-14(12)27-20(16)26/h7-11,19,27H,1-6H3/b13-11-. The SMILES string of the molecule is COC(=O)/C=C(/C(=O)OC)C1(C(=O)OC)c2[nH]c3ccccc3c2C(C(=O)OC)=C(C(=O)OC)C1C(=O)OC. The highest BCUT2D eigenvalue weighted by Crippen LogP contribution is 2.54.